The van der Waals surface area contributed by atoms with Crippen molar-refractivity contribution in [2.24, 2.45) is 0 Å². The molecule has 0 amide bonds. The van der Waals surface area contributed by atoms with Gasteiger partial charge in [0.2, 0.25) is 0 Å². The van der Waals surface area contributed by atoms with E-state index < -0.39 is 0 Å². The minimum Gasteiger partial charge on any atom is -0.492 e. The molecule has 0 saturated carbocycles. The topological polar surface area (TPSA) is 22.1 Å². The molecule has 1 aromatic heterocycles. The highest BCUT2D eigenvalue weighted by Gasteiger charge is 2.23. The first kappa shape index (κ1) is 13.5. The van der Waals surface area contributed by atoms with Crippen molar-refractivity contribution in [2.75, 3.05) is 6.61 Å². The monoisotopic (exact) mass is 285 g/mol. The molecule has 0 aliphatic heterocycles. The molecule has 0 saturated heterocycles. The summed E-state index contributed by atoms with van der Waals surface area (Å²) in [6, 6.07) is 2.09. The van der Waals surface area contributed by atoms with Crippen molar-refractivity contribution >= 4 is 15.9 Å². The van der Waals surface area contributed by atoms with Crippen molar-refractivity contribution < 1.29 is 4.74 Å². The van der Waals surface area contributed by atoms with Gasteiger partial charge in [0.05, 0.1) is 12.8 Å². The Bertz CT molecular complexity index is 336. The molecule has 90 valence electrons. The highest BCUT2D eigenvalue weighted by atomic mass is 79.9. The molecule has 0 spiro atoms. The van der Waals surface area contributed by atoms with Gasteiger partial charge in [0.1, 0.15) is 5.75 Å². The van der Waals surface area contributed by atoms with Gasteiger partial charge in [-0.1, -0.05) is 36.7 Å². The fourth-order valence-electron chi connectivity index (χ4n) is 1.86. The number of pyridine rings is 1. The smallest absolute Gasteiger partial charge is 0.137 e. The highest BCUT2D eigenvalue weighted by Crippen LogP contribution is 2.31. The maximum Gasteiger partial charge on any atom is 0.137 e. The second-order valence-electron chi connectivity index (χ2n) is 4.71. The molecule has 16 heavy (non-hydrogen) atoms. The summed E-state index contributed by atoms with van der Waals surface area (Å²) in [6.45, 7) is 9.30. The summed E-state index contributed by atoms with van der Waals surface area (Å²) in [6.07, 6.45) is 4.77. The van der Waals surface area contributed by atoms with Gasteiger partial charge in [-0.25, -0.2) is 0 Å². The standard InChI is InChI=1S/C13H20BrNO/c1-5-16-12-6-11(8-15-9-12)13(3,4)7-10(2)14/h6,8-10H,5,7H2,1-4H3. The van der Waals surface area contributed by atoms with Crippen molar-refractivity contribution in [1.29, 1.82) is 0 Å². The Kier molecular flexibility index (Phi) is 4.78. The molecule has 1 heterocycles. The summed E-state index contributed by atoms with van der Waals surface area (Å²) in [5.41, 5.74) is 1.34. The van der Waals surface area contributed by atoms with Gasteiger partial charge in [-0.3, -0.25) is 4.98 Å². The number of aromatic nitrogens is 1. The van der Waals surface area contributed by atoms with Crippen LogP contribution in [0.1, 0.15) is 39.7 Å². The van der Waals surface area contributed by atoms with Gasteiger partial charge in [0.25, 0.3) is 0 Å². The van der Waals surface area contributed by atoms with E-state index in [1.54, 1.807) is 6.20 Å². The molecule has 1 rings (SSSR count). The third-order valence-corrected chi connectivity index (χ3v) is 2.92. The van der Waals surface area contributed by atoms with Crippen LogP contribution in [0.3, 0.4) is 0 Å². The van der Waals surface area contributed by atoms with Crippen LogP contribution in [0, 0.1) is 0 Å². The van der Waals surface area contributed by atoms with E-state index >= 15 is 0 Å². The Morgan fingerprint density at radius 3 is 2.69 bits per heavy atom. The molecule has 0 aliphatic carbocycles. The minimum atomic E-state index is 0.114. The second-order valence-corrected chi connectivity index (χ2v) is 6.27. The summed E-state index contributed by atoms with van der Waals surface area (Å²) in [7, 11) is 0. The van der Waals surface area contributed by atoms with Crippen LogP contribution >= 0.6 is 15.9 Å². The Balaban J connectivity index is 2.89. The van der Waals surface area contributed by atoms with Crippen LogP contribution in [0.15, 0.2) is 18.5 Å². The predicted octanol–water partition coefficient (Wildman–Crippen LogP) is 3.93. The summed E-state index contributed by atoms with van der Waals surface area (Å²) in [5, 5.41) is 0. The van der Waals surface area contributed by atoms with Gasteiger partial charge in [-0.2, -0.15) is 0 Å². The van der Waals surface area contributed by atoms with Crippen LogP contribution in [-0.4, -0.2) is 16.4 Å². The van der Waals surface area contributed by atoms with E-state index in [1.807, 2.05) is 13.1 Å². The van der Waals surface area contributed by atoms with Crippen molar-refractivity contribution in [2.45, 2.75) is 44.4 Å². The van der Waals surface area contributed by atoms with E-state index in [-0.39, 0.29) is 5.41 Å². The third kappa shape index (κ3) is 3.78. The molecule has 0 radical (unpaired) electrons. The Morgan fingerprint density at radius 2 is 2.12 bits per heavy atom. The third-order valence-electron chi connectivity index (χ3n) is 2.60. The van der Waals surface area contributed by atoms with Gasteiger partial charge in [0, 0.05) is 11.0 Å². The summed E-state index contributed by atoms with van der Waals surface area (Å²) in [5.74, 6) is 0.857. The van der Waals surface area contributed by atoms with E-state index in [4.69, 9.17) is 4.74 Å². The molecule has 1 atom stereocenters. The van der Waals surface area contributed by atoms with E-state index in [0.717, 1.165) is 12.2 Å². The Morgan fingerprint density at radius 1 is 1.44 bits per heavy atom. The van der Waals surface area contributed by atoms with Gasteiger partial charge in [-0.15, -0.1) is 0 Å². The molecule has 1 aromatic rings. The summed E-state index contributed by atoms with van der Waals surface area (Å²) in [4.78, 5) is 4.73. The number of rotatable bonds is 5. The highest BCUT2D eigenvalue weighted by molar-refractivity contribution is 9.09. The largest absolute Gasteiger partial charge is 0.492 e. The minimum absolute atomic E-state index is 0.114. The molecule has 0 N–H and O–H groups in total. The van der Waals surface area contributed by atoms with Gasteiger partial charge >= 0.3 is 0 Å². The zero-order valence-corrected chi connectivity index (χ0v) is 12.0. The molecule has 3 heteroatoms. The van der Waals surface area contributed by atoms with Gasteiger partial charge in [-0.05, 0) is 30.4 Å². The van der Waals surface area contributed by atoms with Crippen LogP contribution in [0.25, 0.3) is 0 Å². The van der Waals surface area contributed by atoms with Crippen molar-refractivity contribution in [1.82, 2.24) is 4.98 Å². The van der Waals surface area contributed by atoms with E-state index in [9.17, 15) is 0 Å². The number of hydrogen-bond acceptors (Lipinski definition) is 2. The molecular formula is C13H20BrNO. The molecule has 0 bridgehead atoms. The fraction of sp³-hybridized carbons (Fsp3) is 0.615. The zero-order chi connectivity index (χ0) is 12.2. The van der Waals surface area contributed by atoms with Crippen LogP contribution in [0.5, 0.6) is 5.75 Å². The number of halogens is 1. The first-order chi connectivity index (χ1) is 7.45. The Labute approximate surface area is 107 Å². The first-order valence-corrected chi connectivity index (χ1v) is 6.59. The lowest BCUT2D eigenvalue weighted by Gasteiger charge is -2.26. The quantitative estimate of drug-likeness (QED) is 0.765. The Hall–Kier alpha value is -0.570. The van der Waals surface area contributed by atoms with Crippen molar-refractivity contribution in [3.8, 4) is 5.75 Å². The summed E-state index contributed by atoms with van der Waals surface area (Å²) >= 11 is 3.61. The first-order valence-electron chi connectivity index (χ1n) is 5.68. The summed E-state index contributed by atoms with van der Waals surface area (Å²) < 4.78 is 5.47. The molecule has 1 unspecified atom stereocenters. The number of alkyl halides is 1. The van der Waals surface area contributed by atoms with Crippen LogP contribution in [0.4, 0.5) is 0 Å². The molecular weight excluding hydrogens is 266 g/mol. The fourth-order valence-corrected chi connectivity index (χ4v) is 2.66. The lowest BCUT2D eigenvalue weighted by molar-refractivity contribution is 0.337. The van der Waals surface area contributed by atoms with Gasteiger partial charge < -0.3 is 4.74 Å². The number of ether oxygens (including phenoxy) is 1. The van der Waals surface area contributed by atoms with Crippen LogP contribution in [0.2, 0.25) is 0 Å². The molecule has 0 fully saturated rings. The predicted molar refractivity (Wildman–Crippen MR) is 71.4 cm³/mol. The lowest BCUT2D eigenvalue weighted by atomic mass is 9.81. The average Bonchev–Trinajstić information content (AvgIpc) is 2.16. The van der Waals surface area contributed by atoms with Crippen molar-refractivity contribution in [3.63, 3.8) is 0 Å². The lowest BCUT2D eigenvalue weighted by Crippen LogP contribution is -2.21. The molecule has 2 nitrogen and oxygen atoms in total. The van der Waals surface area contributed by atoms with Crippen LogP contribution < -0.4 is 4.74 Å². The molecule has 0 aliphatic rings. The SMILES string of the molecule is CCOc1cncc(C(C)(C)CC(C)Br)c1. The number of nitrogens with zero attached hydrogens (tertiary/aromatic N) is 1. The van der Waals surface area contributed by atoms with E-state index in [2.05, 4.69) is 47.8 Å². The average molecular weight is 286 g/mol. The maximum atomic E-state index is 5.47. The molecule has 0 aromatic carbocycles. The van der Waals surface area contributed by atoms with Crippen LogP contribution in [-0.2, 0) is 5.41 Å². The van der Waals surface area contributed by atoms with Gasteiger partial charge in [0.15, 0.2) is 0 Å². The normalized spacial score (nSPS) is 13.6. The van der Waals surface area contributed by atoms with E-state index in [1.165, 1.54) is 5.56 Å². The number of hydrogen-bond donors (Lipinski definition) is 0. The zero-order valence-electron chi connectivity index (χ0n) is 10.5. The maximum absolute atomic E-state index is 5.47. The van der Waals surface area contributed by atoms with Crippen molar-refractivity contribution in [3.05, 3.63) is 24.0 Å². The van der Waals surface area contributed by atoms with E-state index in [0.29, 0.717) is 11.4 Å². The second kappa shape index (κ2) is 5.67.